The first-order valence-corrected chi connectivity index (χ1v) is 6.71. The summed E-state index contributed by atoms with van der Waals surface area (Å²) in [6.07, 6.45) is -4.41. The number of rotatable bonds is 5. The van der Waals surface area contributed by atoms with Crippen molar-refractivity contribution in [3.8, 4) is 0 Å². The molecule has 1 aliphatic rings. The van der Waals surface area contributed by atoms with Gasteiger partial charge in [-0.05, 0) is 0 Å². The van der Waals surface area contributed by atoms with Gasteiger partial charge in [0.25, 0.3) is 0 Å². The number of hydrogen-bond acceptors (Lipinski definition) is 4. The lowest BCUT2D eigenvalue weighted by Gasteiger charge is -2.36. The lowest BCUT2D eigenvalue weighted by Crippen LogP contribution is -2.58. The molecule has 0 saturated carbocycles. The van der Waals surface area contributed by atoms with Crippen LogP contribution in [0.2, 0.25) is 0 Å². The van der Waals surface area contributed by atoms with Crippen molar-refractivity contribution in [1.82, 2.24) is 20.4 Å². The maximum atomic E-state index is 13.1. The lowest BCUT2D eigenvalue weighted by atomic mass is 10.2. The molecule has 6 nitrogen and oxygen atoms in total. The standard InChI is InChI=1S/C12H21F3N4O2/c1-9(20)18(2)8-11(21)17-7-10(12(13,14)15)19-5-3-16-4-6-19/h10,16H,3-8H2,1-2H3,(H,17,21). The monoisotopic (exact) mass is 310 g/mol. The Labute approximate surface area is 121 Å². The molecule has 1 fully saturated rings. The topological polar surface area (TPSA) is 64.7 Å². The molecular weight excluding hydrogens is 289 g/mol. The van der Waals surface area contributed by atoms with Gasteiger partial charge in [0.1, 0.15) is 6.04 Å². The van der Waals surface area contributed by atoms with Crippen LogP contribution in [0, 0.1) is 0 Å². The van der Waals surface area contributed by atoms with Crippen LogP contribution in [0.25, 0.3) is 0 Å². The number of carbonyl (C=O) groups is 2. The zero-order chi connectivity index (χ0) is 16.0. The second-order valence-corrected chi connectivity index (χ2v) is 5.02. The van der Waals surface area contributed by atoms with E-state index in [1.54, 1.807) is 0 Å². The minimum Gasteiger partial charge on any atom is -0.353 e. The smallest absolute Gasteiger partial charge is 0.353 e. The van der Waals surface area contributed by atoms with Gasteiger partial charge in [-0.1, -0.05) is 0 Å². The van der Waals surface area contributed by atoms with Crippen molar-refractivity contribution in [1.29, 1.82) is 0 Å². The normalized spacial score (nSPS) is 18.1. The Kier molecular flexibility index (Phi) is 6.41. The fourth-order valence-corrected chi connectivity index (χ4v) is 2.04. The van der Waals surface area contributed by atoms with Crippen molar-refractivity contribution < 1.29 is 22.8 Å². The average molecular weight is 310 g/mol. The van der Waals surface area contributed by atoms with Gasteiger partial charge < -0.3 is 15.5 Å². The van der Waals surface area contributed by atoms with Crippen LogP contribution in [-0.2, 0) is 9.59 Å². The first-order valence-electron chi connectivity index (χ1n) is 6.71. The molecule has 0 spiro atoms. The summed E-state index contributed by atoms with van der Waals surface area (Å²) in [5, 5.41) is 5.24. The number of amides is 2. The molecule has 9 heteroatoms. The van der Waals surface area contributed by atoms with Gasteiger partial charge in [-0.2, -0.15) is 13.2 Å². The zero-order valence-corrected chi connectivity index (χ0v) is 12.2. The minimum atomic E-state index is -4.41. The van der Waals surface area contributed by atoms with Gasteiger partial charge in [0.15, 0.2) is 0 Å². The van der Waals surface area contributed by atoms with Gasteiger partial charge in [0, 0.05) is 46.7 Å². The molecular formula is C12H21F3N4O2. The van der Waals surface area contributed by atoms with E-state index in [0.717, 1.165) is 4.90 Å². The predicted molar refractivity (Wildman–Crippen MR) is 70.6 cm³/mol. The summed E-state index contributed by atoms with van der Waals surface area (Å²) in [5.74, 6) is -0.920. The van der Waals surface area contributed by atoms with Crippen LogP contribution in [-0.4, -0.2) is 80.1 Å². The maximum absolute atomic E-state index is 13.1. The summed E-state index contributed by atoms with van der Waals surface area (Å²) >= 11 is 0. The SMILES string of the molecule is CC(=O)N(C)CC(=O)NCC(N1CCNCC1)C(F)(F)F. The third-order valence-corrected chi connectivity index (χ3v) is 3.38. The molecule has 1 atom stereocenters. The van der Waals surface area contributed by atoms with E-state index in [2.05, 4.69) is 10.6 Å². The summed E-state index contributed by atoms with van der Waals surface area (Å²) in [7, 11) is 1.42. The molecule has 21 heavy (non-hydrogen) atoms. The lowest BCUT2D eigenvalue weighted by molar-refractivity contribution is -0.184. The van der Waals surface area contributed by atoms with Gasteiger partial charge in [0.05, 0.1) is 6.54 Å². The fourth-order valence-electron chi connectivity index (χ4n) is 2.04. The highest BCUT2D eigenvalue weighted by Crippen LogP contribution is 2.24. The molecule has 0 bridgehead atoms. The van der Waals surface area contributed by atoms with Crippen LogP contribution < -0.4 is 10.6 Å². The summed E-state index contributed by atoms with van der Waals surface area (Å²) in [6.45, 7) is 2.09. The molecule has 1 unspecified atom stereocenters. The highest BCUT2D eigenvalue weighted by molar-refractivity contribution is 5.83. The Morgan fingerprint density at radius 3 is 2.38 bits per heavy atom. The first-order chi connectivity index (χ1) is 9.71. The molecule has 0 aromatic rings. The second kappa shape index (κ2) is 7.60. The highest BCUT2D eigenvalue weighted by Gasteiger charge is 2.43. The quantitative estimate of drug-likeness (QED) is 0.713. The molecule has 122 valence electrons. The van der Waals surface area contributed by atoms with Gasteiger partial charge >= 0.3 is 6.18 Å². The Morgan fingerprint density at radius 2 is 1.90 bits per heavy atom. The highest BCUT2D eigenvalue weighted by atomic mass is 19.4. The Bertz CT molecular complexity index is 370. The predicted octanol–water partition coefficient (Wildman–Crippen LogP) is -0.583. The molecule has 0 aromatic heterocycles. The number of hydrogen-bond donors (Lipinski definition) is 2. The van der Waals surface area contributed by atoms with Crippen molar-refractivity contribution in [2.45, 2.75) is 19.1 Å². The number of halogens is 3. The van der Waals surface area contributed by atoms with Crippen molar-refractivity contribution in [2.75, 3.05) is 46.3 Å². The fraction of sp³-hybridized carbons (Fsp3) is 0.833. The largest absolute Gasteiger partial charge is 0.405 e. The van der Waals surface area contributed by atoms with E-state index in [9.17, 15) is 22.8 Å². The summed E-state index contributed by atoms with van der Waals surface area (Å²) in [4.78, 5) is 25.0. The number of likely N-dealkylation sites (N-methyl/N-ethyl adjacent to an activating group) is 1. The van der Waals surface area contributed by atoms with Crippen LogP contribution in [0.5, 0.6) is 0 Å². The molecule has 0 aromatic carbocycles. The number of carbonyl (C=O) groups excluding carboxylic acids is 2. The van der Waals surface area contributed by atoms with Gasteiger partial charge in [-0.15, -0.1) is 0 Å². The van der Waals surface area contributed by atoms with Crippen molar-refractivity contribution >= 4 is 11.8 Å². The summed E-state index contributed by atoms with van der Waals surface area (Å²) in [6, 6.07) is -1.70. The van der Waals surface area contributed by atoms with E-state index >= 15 is 0 Å². The number of piperazine rings is 1. The number of nitrogens with one attached hydrogen (secondary N) is 2. The molecule has 1 aliphatic heterocycles. The van der Waals surface area contributed by atoms with Crippen LogP contribution in [0.3, 0.4) is 0 Å². The van der Waals surface area contributed by atoms with Crippen molar-refractivity contribution in [3.63, 3.8) is 0 Å². The summed E-state index contributed by atoms with van der Waals surface area (Å²) < 4.78 is 39.2. The van der Waals surface area contributed by atoms with Crippen molar-refractivity contribution in [2.24, 2.45) is 0 Å². The van der Waals surface area contributed by atoms with E-state index in [4.69, 9.17) is 0 Å². The molecule has 1 saturated heterocycles. The van der Waals surface area contributed by atoms with Gasteiger partial charge in [0.2, 0.25) is 11.8 Å². The Hall–Kier alpha value is -1.35. The van der Waals surface area contributed by atoms with E-state index in [-0.39, 0.29) is 25.5 Å². The molecule has 0 radical (unpaired) electrons. The van der Waals surface area contributed by atoms with Crippen LogP contribution in [0.1, 0.15) is 6.92 Å². The Morgan fingerprint density at radius 1 is 1.33 bits per heavy atom. The molecule has 1 heterocycles. The zero-order valence-electron chi connectivity index (χ0n) is 12.2. The summed E-state index contributed by atoms with van der Waals surface area (Å²) in [5.41, 5.74) is 0. The van der Waals surface area contributed by atoms with Crippen LogP contribution in [0.15, 0.2) is 0 Å². The number of nitrogens with zero attached hydrogens (tertiary/aromatic N) is 2. The number of alkyl halides is 3. The van der Waals surface area contributed by atoms with E-state index < -0.39 is 24.7 Å². The first kappa shape index (κ1) is 17.7. The van der Waals surface area contributed by atoms with E-state index in [0.29, 0.717) is 13.1 Å². The Balaban J connectivity index is 2.53. The molecule has 0 aliphatic carbocycles. The third kappa shape index (κ3) is 5.88. The van der Waals surface area contributed by atoms with E-state index in [1.807, 2.05) is 0 Å². The van der Waals surface area contributed by atoms with Crippen LogP contribution in [0.4, 0.5) is 13.2 Å². The molecule has 2 N–H and O–H groups in total. The van der Waals surface area contributed by atoms with E-state index in [1.165, 1.54) is 18.9 Å². The third-order valence-electron chi connectivity index (χ3n) is 3.38. The van der Waals surface area contributed by atoms with Crippen LogP contribution >= 0.6 is 0 Å². The maximum Gasteiger partial charge on any atom is 0.405 e. The minimum absolute atomic E-state index is 0.249. The van der Waals surface area contributed by atoms with Gasteiger partial charge in [-0.25, -0.2) is 0 Å². The van der Waals surface area contributed by atoms with Gasteiger partial charge in [-0.3, -0.25) is 14.5 Å². The molecule has 2 amide bonds. The average Bonchev–Trinajstić information content (AvgIpc) is 2.38. The molecule has 1 rings (SSSR count). The second-order valence-electron chi connectivity index (χ2n) is 5.02. The van der Waals surface area contributed by atoms with Crippen molar-refractivity contribution in [3.05, 3.63) is 0 Å².